The van der Waals surface area contributed by atoms with Crippen molar-refractivity contribution in [3.63, 3.8) is 0 Å². The summed E-state index contributed by atoms with van der Waals surface area (Å²) in [6.45, 7) is 2.73. The van der Waals surface area contributed by atoms with Crippen LogP contribution in [-0.4, -0.2) is 24.0 Å². The molecule has 1 heterocycles. The third-order valence-electron chi connectivity index (χ3n) is 4.18. The lowest BCUT2D eigenvalue weighted by molar-refractivity contribution is 0.0600. The number of carbonyl (C=O) groups excluding carboxylic acids is 2. The zero-order chi connectivity index (χ0) is 19.9. The van der Waals surface area contributed by atoms with Crippen molar-refractivity contribution in [2.24, 2.45) is 0 Å². The molecule has 0 spiro atoms. The van der Waals surface area contributed by atoms with Crippen molar-refractivity contribution >= 4 is 23.3 Å². The minimum absolute atomic E-state index is 0.304. The zero-order valence-corrected chi connectivity index (χ0v) is 15.7. The molecule has 6 heteroatoms. The van der Waals surface area contributed by atoms with Crippen LogP contribution in [0.25, 0.3) is 0 Å². The number of esters is 1. The molecule has 2 N–H and O–H groups in total. The number of hydrogen-bond acceptors (Lipinski definition) is 5. The van der Waals surface area contributed by atoms with E-state index in [0.29, 0.717) is 23.5 Å². The summed E-state index contributed by atoms with van der Waals surface area (Å²) >= 11 is 0. The van der Waals surface area contributed by atoms with Crippen LogP contribution in [-0.2, 0) is 11.3 Å². The first-order valence-corrected chi connectivity index (χ1v) is 8.80. The third kappa shape index (κ3) is 4.94. The van der Waals surface area contributed by atoms with Gasteiger partial charge in [0, 0.05) is 12.2 Å². The predicted octanol–water partition coefficient (Wildman–Crippen LogP) is 4.04. The van der Waals surface area contributed by atoms with E-state index in [-0.39, 0.29) is 5.91 Å². The first-order valence-electron chi connectivity index (χ1n) is 8.80. The van der Waals surface area contributed by atoms with Gasteiger partial charge in [0.2, 0.25) is 0 Å². The number of pyridine rings is 1. The van der Waals surface area contributed by atoms with Crippen molar-refractivity contribution in [1.82, 2.24) is 4.98 Å². The smallest absolute Gasteiger partial charge is 0.337 e. The lowest BCUT2D eigenvalue weighted by Crippen LogP contribution is -2.14. The first kappa shape index (κ1) is 19.1. The van der Waals surface area contributed by atoms with E-state index in [9.17, 15) is 9.59 Å². The minimum atomic E-state index is -0.423. The van der Waals surface area contributed by atoms with E-state index in [0.717, 1.165) is 5.69 Å². The normalized spacial score (nSPS) is 10.2. The zero-order valence-electron chi connectivity index (χ0n) is 15.7. The quantitative estimate of drug-likeness (QED) is 0.636. The Labute approximate surface area is 163 Å². The van der Waals surface area contributed by atoms with Crippen LogP contribution in [0.15, 0.2) is 66.9 Å². The van der Waals surface area contributed by atoms with Crippen molar-refractivity contribution in [3.05, 3.63) is 89.2 Å². The summed E-state index contributed by atoms with van der Waals surface area (Å²) in [5.74, 6) is -0.746. The number of aryl methyl sites for hydroxylation is 1. The van der Waals surface area contributed by atoms with Crippen molar-refractivity contribution in [3.8, 4) is 0 Å². The highest BCUT2D eigenvalue weighted by atomic mass is 16.5. The number of rotatable bonds is 6. The Balaban J connectivity index is 1.57. The molecule has 1 amide bonds. The number of carbonyl (C=O) groups is 2. The molecule has 0 bridgehead atoms. The summed E-state index contributed by atoms with van der Waals surface area (Å²) in [5.41, 5.74) is 4.52. The van der Waals surface area contributed by atoms with Gasteiger partial charge >= 0.3 is 5.97 Å². The van der Waals surface area contributed by atoms with E-state index in [1.54, 1.807) is 36.5 Å². The summed E-state index contributed by atoms with van der Waals surface area (Å²) in [4.78, 5) is 28.0. The molecule has 1 aromatic heterocycles. The van der Waals surface area contributed by atoms with Crippen LogP contribution in [0.4, 0.5) is 11.4 Å². The topological polar surface area (TPSA) is 80.3 Å². The number of hydrogen-bond donors (Lipinski definition) is 2. The summed E-state index contributed by atoms with van der Waals surface area (Å²) in [5, 5.41) is 6.03. The molecule has 0 aliphatic heterocycles. The van der Waals surface area contributed by atoms with Crippen LogP contribution in [0, 0.1) is 6.92 Å². The van der Waals surface area contributed by atoms with Gasteiger partial charge in [-0.25, -0.2) is 9.78 Å². The Hall–Kier alpha value is -3.67. The fraction of sp³-hybridized carbons (Fsp3) is 0.136. The van der Waals surface area contributed by atoms with Crippen molar-refractivity contribution in [2.45, 2.75) is 13.5 Å². The molecule has 0 aliphatic rings. The van der Waals surface area contributed by atoms with Crippen LogP contribution in [0.3, 0.4) is 0 Å². The largest absolute Gasteiger partial charge is 0.465 e. The van der Waals surface area contributed by atoms with Gasteiger partial charge in [0.25, 0.3) is 5.91 Å². The maximum absolute atomic E-state index is 12.3. The standard InChI is InChI=1S/C22H21N3O3/c1-15-3-5-16(6-4-15)13-23-19-11-12-20(24-14-19)21(26)25-18-9-7-17(8-10-18)22(27)28-2/h3-12,14,23H,13H2,1-2H3,(H,25,26). The molecular formula is C22H21N3O3. The molecule has 0 aliphatic carbocycles. The summed E-state index contributed by atoms with van der Waals surface area (Å²) in [7, 11) is 1.32. The van der Waals surface area contributed by atoms with Gasteiger partial charge in [-0.15, -0.1) is 0 Å². The van der Waals surface area contributed by atoms with Crippen molar-refractivity contribution in [2.75, 3.05) is 17.7 Å². The molecule has 2 aromatic carbocycles. The fourth-order valence-corrected chi connectivity index (χ4v) is 2.55. The number of amides is 1. The second kappa shape index (κ2) is 8.81. The summed E-state index contributed by atoms with van der Waals surface area (Å²) in [6, 6.07) is 18.2. The average Bonchev–Trinajstić information content (AvgIpc) is 2.73. The number of nitrogens with zero attached hydrogens (tertiary/aromatic N) is 1. The molecule has 0 atom stereocenters. The molecule has 0 unspecified atom stereocenters. The second-order valence-electron chi connectivity index (χ2n) is 6.29. The molecule has 3 rings (SSSR count). The maximum Gasteiger partial charge on any atom is 0.337 e. The van der Waals surface area contributed by atoms with E-state index in [4.69, 9.17) is 0 Å². The molecule has 0 fully saturated rings. The third-order valence-corrected chi connectivity index (χ3v) is 4.18. The van der Waals surface area contributed by atoms with Crippen LogP contribution >= 0.6 is 0 Å². The van der Waals surface area contributed by atoms with Crippen molar-refractivity contribution in [1.29, 1.82) is 0 Å². The van der Waals surface area contributed by atoms with Gasteiger partial charge in [-0.05, 0) is 48.9 Å². The number of nitrogens with one attached hydrogen (secondary N) is 2. The molecular weight excluding hydrogens is 354 g/mol. The van der Waals surface area contributed by atoms with E-state index in [1.165, 1.54) is 18.2 Å². The molecule has 142 valence electrons. The van der Waals surface area contributed by atoms with Crippen LogP contribution in [0.1, 0.15) is 32.0 Å². The Morgan fingerprint density at radius 3 is 2.21 bits per heavy atom. The number of anilines is 2. The van der Waals surface area contributed by atoms with Gasteiger partial charge in [-0.1, -0.05) is 29.8 Å². The Kier molecular flexibility index (Phi) is 6.01. The van der Waals surface area contributed by atoms with E-state index in [1.807, 2.05) is 6.07 Å². The molecule has 3 aromatic rings. The second-order valence-corrected chi connectivity index (χ2v) is 6.29. The maximum atomic E-state index is 12.3. The van der Waals surface area contributed by atoms with Gasteiger partial charge in [-0.2, -0.15) is 0 Å². The van der Waals surface area contributed by atoms with Gasteiger partial charge < -0.3 is 15.4 Å². The van der Waals surface area contributed by atoms with Crippen LogP contribution in [0.2, 0.25) is 0 Å². The fourth-order valence-electron chi connectivity index (χ4n) is 2.55. The van der Waals surface area contributed by atoms with E-state index >= 15 is 0 Å². The highest BCUT2D eigenvalue weighted by Crippen LogP contribution is 2.13. The Bertz CT molecular complexity index is 950. The molecule has 6 nitrogen and oxygen atoms in total. The van der Waals surface area contributed by atoms with Gasteiger partial charge in [0.15, 0.2) is 0 Å². The van der Waals surface area contributed by atoms with Crippen molar-refractivity contribution < 1.29 is 14.3 Å². The molecule has 0 saturated heterocycles. The van der Waals surface area contributed by atoms with E-state index < -0.39 is 5.97 Å². The van der Waals surface area contributed by atoms with E-state index in [2.05, 4.69) is 51.5 Å². The number of benzene rings is 2. The Morgan fingerprint density at radius 1 is 0.929 bits per heavy atom. The monoisotopic (exact) mass is 375 g/mol. The number of aromatic nitrogens is 1. The van der Waals surface area contributed by atoms with Gasteiger partial charge in [0.1, 0.15) is 5.69 Å². The number of ether oxygens (including phenoxy) is 1. The van der Waals surface area contributed by atoms with Crippen LogP contribution < -0.4 is 10.6 Å². The van der Waals surface area contributed by atoms with Crippen LogP contribution in [0.5, 0.6) is 0 Å². The van der Waals surface area contributed by atoms with Gasteiger partial charge in [-0.3, -0.25) is 4.79 Å². The lowest BCUT2D eigenvalue weighted by Gasteiger charge is -2.08. The SMILES string of the molecule is COC(=O)c1ccc(NC(=O)c2ccc(NCc3ccc(C)cc3)cn2)cc1. The average molecular weight is 375 g/mol. The van der Waals surface area contributed by atoms with Gasteiger partial charge in [0.05, 0.1) is 24.6 Å². The predicted molar refractivity (Wildman–Crippen MR) is 108 cm³/mol. The molecule has 0 radical (unpaired) electrons. The summed E-state index contributed by atoms with van der Waals surface area (Å²) < 4.78 is 4.65. The highest BCUT2D eigenvalue weighted by molar-refractivity contribution is 6.03. The first-order chi connectivity index (χ1) is 13.5. The minimum Gasteiger partial charge on any atom is -0.465 e. The Morgan fingerprint density at radius 2 is 1.61 bits per heavy atom. The number of methoxy groups -OCH3 is 1. The molecule has 28 heavy (non-hydrogen) atoms. The highest BCUT2D eigenvalue weighted by Gasteiger charge is 2.09. The summed E-state index contributed by atoms with van der Waals surface area (Å²) in [6.07, 6.45) is 1.63. The lowest BCUT2D eigenvalue weighted by atomic mass is 10.1. The molecule has 0 saturated carbocycles.